The van der Waals surface area contributed by atoms with E-state index in [4.69, 9.17) is 9.84 Å². The Bertz CT molecular complexity index is 268. The SMILES string of the molecule is CCC1CCCC(OCCC(NC(C)C)C(=O)O)C1. The maximum absolute atomic E-state index is 11.1. The number of rotatable bonds is 8. The van der Waals surface area contributed by atoms with Crippen LogP contribution in [0.4, 0.5) is 0 Å². The van der Waals surface area contributed by atoms with Gasteiger partial charge in [-0.05, 0) is 25.2 Å². The van der Waals surface area contributed by atoms with Gasteiger partial charge in [0.15, 0.2) is 0 Å². The van der Waals surface area contributed by atoms with E-state index in [1.165, 1.54) is 19.3 Å². The van der Waals surface area contributed by atoms with Crippen LogP contribution in [0.3, 0.4) is 0 Å². The monoisotopic (exact) mass is 271 g/mol. The predicted molar refractivity (Wildman–Crippen MR) is 76.3 cm³/mol. The van der Waals surface area contributed by atoms with Gasteiger partial charge in [-0.2, -0.15) is 0 Å². The Labute approximate surface area is 116 Å². The standard InChI is InChI=1S/C15H29NO3/c1-4-12-6-5-7-13(10-12)19-9-8-14(15(17)18)16-11(2)3/h11-14,16H,4-10H2,1-3H3,(H,17,18). The van der Waals surface area contributed by atoms with Crippen molar-refractivity contribution in [2.75, 3.05) is 6.61 Å². The van der Waals surface area contributed by atoms with E-state index in [-0.39, 0.29) is 6.04 Å². The third-order valence-electron chi connectivity index (χ3n) is 3.90. The molecule has 0 radical (unpaired) electrons. The summed E-state index contributed by atoms with van der Waals surface area (Å²) >= 11 is 0. The molecule has 0 aromatic carbocycles. The smallest absolute Gasteiger partial charge is 0.320 e. The summed E-state index contributed by atoms with van der Waals surface area (Å²) in [6, 6.07) is -0.314. The lowest BCUT2D eigenvalue weighted by Crippen LogP contribution is -2.41. The van der Waals surface area contributed by atoms with Crippen molar-refractivity contribution in [1.82, 2.24) is 5.32 Å². The Morgan fingerprint density at radius 2 is 2.16 bits per heavy atom. The van der Waals surface area contributed by atoms with Gasteiger partial charge >= 0.3 is 5.97 Å². The van der Waals surface area contributed by atoms with Crippen LogP contribution < -0.4 is 5.32 Å². The van der Waals surface area contributed by atoms with E-state index < -0.39 is 12.0 Å². The number of hydrogen-bond acceptors (Lipinski definition) is 3. The summed E-state index contributed by atoms with van der Waals surface area (Å²) in [5.74, 6) is 0.00943. The molecule has 112 valence electrons. The van der Waals surface area contributed by atoms with E-state index in [1.807, 2.05) is 13.8 Å². The molecular formula is C15H29NO3. The van der Waals surface area contributed by atoms with E-state index in [2.05, 4.69) is 12.2 Å². The molecule has 0 aromatic rings. The van der Waals surface area contributed by atoms with Crippen molar-refractivity contribution in [3.05, 3.63) is 0 Å². The van der Waals surface area contributed by atoms with E-state index in [1.54, 1.807) is 0 Å². The lowest BCUT2D eigenvalue weighted by atomic mass is 9.85. The topological polar surface area (TPSA) is 58.6 Å². The van der Waals surface area contributed by atoms with Crippen LogP contribution in [0, 0.1) is 5.92 Å². The van der Waals surface area contributed by atoms with Crippen molar-refractivity contribution >= 4 is 5.97 Å². The highest BCUT2D eigenvalue weighted by Crippen LogP contribution is 2.28. The van der Waals surface area contributed by atoms with Crippen LogP contribution >= 0.6 is 0 Å². The minimum atomic E-state index is -0.785. The molecule has 1 aliphatic carbocycles. The fourth-order valence-corrected chi connectivity index (χ4v) is 2.80. The van der Waals surface area contributed by atoms with Crippen molar-refractivity contribution in [2.45, 2.75) is 77.5 Å². The van der Waals surface area contributed by atoms with Gasteiger partial charge in [0, 0.05) is 12.6 Å². The largest absolute Gasteiger partial charge is 0.480 e. The second kappa shape index (κ2) is 8.54. The lowest BCUT2D eigenvalue weighted by molar-refractivity contribution is -0.140. The number of carboxylic acids is 1. The third-order valence-corrected chi connectivity index (χ3v) is 3.90. The van der Waals surface area contributed by atoms with Gasteiger partial charge in [0.2, 0.25) is 0 Å². The average molecular weight is 271 g/mol. The second-order valence-electron chi connectivity index (χ2n) is 5.93. The Hall–Kier alpha value is -0.610. The predicted octanol–water partition coefficient (Wildman–Crippen LogP) is 2.81. The van der Waals surface area contributed by atoms with E-state index in [0.717, 1.165) is 18.8 Å². The number of carbonyl (C=O) groups is 1. The summed E-state index contributed by atoms with van der Waals surface area (Å²) in [4.78, 5) is 11.1. The lowest BCUT2D eigenvalue weighted by Gasteiger charge is -2.29. The first kappa shape index (κ1) is 16.4. The number of hydrogen-bond donors (Lipinski definition) is 2. The van der Waals surface area contributed by atoms with Crippen LogP contribution in [0.25, 0.3) is 0 Å². The maximum Gasteiger partial charge on any atom is 0.320 e. The van der Waals surface area contributed by atoms with Crippen molar-refractivity contribution in [1.29, 1.82) is 0 Å². The molecule has 0 bridgehead atoms. The Morgan fingerprint density at radius 1 is 1.42 bits per heavy atom. The average Bonchev–Trinajstić information content (AvgIpc) is 2.37. The van der Waals surface area contributed by atoms with Crippen molar-refractivity contribution in [3.63, 3.8) is 0 Å². The van der Waals surface area contributed by atoms with Gasteiger partial charge in [-0.1, -0.05) is 40.0 Å². The van der Waals surface area contributed by atoms with Gasteiger partial charge in [0.05, 0.1) is 6.10 Å². The molecule has 0 heterocycles. The highest BCUT2D eigenvalue weighted by molar-refractivity contribution is 5.73. The molecule has 4 nitrogen and oxygen atoms in total. The fourth-order valence-electron chi connectivity index (χ4n) is 2.80. The highest BCUT2D eigenvalue weighted by Gasteiger charge is 2.22. The van der Waals surface area contributed by atoms with Gasteiger partial charge in [-0.3, -0.25) is 4.79 Å². The van der Waals surface area contributed by atoms with Gasteiger partial charge in [-0.15, -0.1) is 0 Å². The molecule has 0 aromatic heterocycles. The summed E-state index contributed by atoms with van der Waals surface area (Å²) < 4.78 is 5.87. The number of carboxylic acid groups (broad SMARTS) is 1. The molecule has 4 heteroatoms. The van der Waals surface area contributed by atoms with Crippen LogP contribution in [0.5, 0.6) is 0 Å². The van der Waals surface area contributed by atoms with E-state index in [0.29, 0.717) is 19.1 Å². The molecule has 1 saturated carbocycles. The molecular weight excluding hydrogens is 242 g/mol. The Morgan fingerprint density at radius 3 is 2.74 bits per heavy atom. The Kier molecular flexibility index (Phi) is 7.39. The number of aliphatic carboxylic acids is 1. The minimum Gasteiger partial charge on any atom is -0.480 e. The van der Waals surface area contributed by atoms with E-state index in [9.17, 15) is 4.79 Å². The summed E-state index contributed by atoms with van der Waals surface area (Å²) in [6.45, 7) is 6.70. The molecule has 1 rings (SSSR count). The third kappa shape index (κ3) is 6.39. The normalized spacial score (nSPS) is 25.5. The molecule has 3 atom stereocenters. The van der Waals surface area contributed by atoms with Crippen LogP contribution in [0.1, 0.15) is 59.3 Å². The van der Waals surface area contributed by atoms with E-state index >= 15 is 0 Å². The van der Waals surface area contributed by atoms with Crippen molar-refractivity contribution in [2.24, 2.45) is 5.92 Å². The molecule has 3 unspecified atom stereocenters. The first-order valence-electron chi connectivity index (χ1n) is 7.63. The molecule has 0 aliphatic heterocycles. The number of ether oxygens (including phenoxy) is 1. The second-order valence-corrected chi connectivity index (χ2v) is 5.93. The molecule has 2 N–H and O–H groups in total. The highest BCUT2D eigenvalue weighted by atomic mass is 16.5. The van der Waals surface area contributed by atoms with Crippen LogP contribution in [-0.2, 0) is 9.53 Å². The van der Waals surface area contributed by atoms with Crippen LogP contribution in [-0.4, -0.2) is 35.9 Å². The van der Waals surface area contributed by atoms with Gasteiger partial charge in [-0.25, -0.2) is 0 Å². The molecule has 0 spiro atoms. The van der Waals surface area contributed by atoms with Gasteiger partial charge < -0.3 is 15.2 Å². The summed E-state index contributed by atoms with van der Waals surface area (Å²) in [5, 5.41) is 12.2. The quantitative estimate of drug-likeness (QED) is 0.712. The van der Waals surface area contributed by atoms with Crippen molar-refractivity contribution in [3.8, 4) is 0 Å². The minimum absolute atomic E-state index is 0.181. The zero-order chi connectivity index (χ0) is 14.3. The number of nitrogens with one attached hydrogen (secondary N) is 1. The summed E-state index contributed by atoms with van der Waals surface area (Å²) in [7, 11) is 0. The zero-order valence-electron chi connectivity index (χ0n) is 12.5. The van der Waals surface area contributed by atoms with Gasteiger partial charge in [0.25, 0.3) is 0 Å². The zero-order valence-corrected chi connectivity index (χ0v) is 12.5. The fraction of sp³-hybridized carbons (Fsp3) is 0.933. The summed E-state index contributed by atoms with van der Waals surface area (Å²) in [5.41, 5.74) is 0. The first-order chi connectivity index (χ1) is 9.02. The molecule has 0 saturated heterocycles. The molecule has 19 heavy (non-hydrogen) atoms. The Balaban J connectivity index is 2.25. The summed E-state index contributed by atoms with van der Waals surface area (Å²) in [6.07, 6.45) is 6.95. The first-order valence-corrected chi connectivity index (χ1v) is 7.63. The van der Waals surface area contributed by atoms with Gasteiger partial charge in [0.1, 0.15) is 6.04 Å². The maximum atomic E-state index is 11.1. The molecule has 1 aliphatic rings. The molecule has 1 fully saturated rings. The van der Waals surface area contributed by atoms with Crippen molar-refractivity contribution < 1.29 is 14.6 Å². The molecule has 0 amide bonds. The van der Waals surface area contributed by atoms with Crippen LogP contribution in [0.2, 0.25) is 0 Å². The van der Waals surface area contributed by atoms with Crippen LogP contribution in [0.15, 0.2) is 0 Å².